The molecule has 0 amide bonds. The van der Waals surface area contributed by atoms with Crippen LogP contribution in [-0.2, 0) is 6.54 Å². The van der Waals surface area contributed by atoms with Gasteiger partial charge in [-0.1, -0.05) is 6.07 Å². The number of hydrogen-bond donors (Lipinski definition) is 1. The van der Waals surface area contributed by atoms with Crippen molar-refractivity contribution in [3.63, 3.8) is 0 Å². The van der Waals surface area contributed by atoms with Crippen molar-refractivity contribution in [1.29, 1.82) is 0 Å². The molecule has 0 bridgehead atoms. The van der Waals surface area contributed by atoms with Gasteiger partial charge in [0, 0.05) is 12.4 Å². The van der Waals surface area contributed by atoms with Gasteiger partial charge < -0.3 is 5.32 Å². The third-order valence-corrected chi connectivity index (χ3v) is 2.47. The molecule has 2 rings (SSSR count). The predicted molar refractivity (Wildman–Crippen MR) is 65.3 cm³/mol. The van der Waals surface area contributed by atoms with Crippen LogP contribution in [0, 0.1) is 13.8 Å². The second-order valence-corrected chi connectivity index (χ2v) is 3.84. The monoisotopic (exact) mass is 213 g/mol. The molecule has 0 aliphatic carbocycles. The first kappa shape index (κ1) is 10.6. The molecule has 0 fully saturated rings. The molecule has 0 aliphatic heterocycles. The van der Waals surface area contributed by atoms with E-state index in [0.717, 1.165) is 11.5 Å². The van der Waals surface area contributed by atoms with E-state index in [1.807, 2.05) is 30.6 Å². The maximum atomic E-state index is 4.33. The van der Waals surface area contributed by atoms with Crippen molar-refractivity contribution in [2.75, 3.05) is 5.32 Å². The molecule has 82 valence electrons. The van der Waals surface area contributed by atoms with Crippen LogP contribution in [-0.4, -0.2) is 9.97 Å². The van der Waals surface area contributed by atoms with E-state index < -0.39 is 0 Å². The molecule has 2 heterocycles. The van der Waals surface area contributed by atoms with Gasteiger partial charge in [0.25, 0.3) is 0 Å². The third-order valence-electron chi connectivity index (χ3n) is 2.47. The zero-order valence-corrected chi connectivity index (χ0v) is 9.57. The Kier molecular flexibility index (Phi) is 3.15. The highest BCUT2D eigenvalue weighted by molar-refractivity contribution is 5.37. The second kappa shape index (κ2) is 4.75. The van der Waals surface area contributed by atoms with Crippen LogP contribution in [0.2, 0.25) is 0 Å². The van der Waals surface area contributed by atoms with Crippen molar-refractivity contribution in [1.82, 2.24) is 9.97 Å². The Morgan fingerprint density at radius 3 is 2.75 bits per heavy atom. The number of nitrogens with one attached hydrogen (secondary N) is 1. The molecule has 0 radical (unpaired) electrons. The van der Waals surface area contributed by atoms with Crippen molar-refractivity contribution in [3.05, 3.63) is 53.5 Å². The fourth-order valence-corrected chi connectivity index (χ4v) is 1.51. The summed E-state index contributed by atoms with van der Waals surface area (Å²) in [6, 6.07) is 8.02. The lowest BCUT2D eigenvalue weighted by molar-refractivity contribution is 1.00. The third kappa shape index (κ3) is 2.57. The van der Waals surface area contributed by atoms with Crippen LogP contribution < -0.4 is 5.32 Å². The molecule has 3 heteroatoms. The first-order chi connectivity index (χ1) is 7.75. The quantitative estimate of drug-likeness (QED) is 0.851. The zero-order valence-electron chi connectivity index (χ0n) is 9.57. The molecule has 2 aromatic rings. The Morgan fingerprint density at radius 2 is 2.00 bits per heavy atom. The number of pyridine rings is 2. The van der Waals surface area contributed by atoms with Gasteiger partial charge >= 0.3 is 0 Å². The minimum atomic E-state index is 0.711. The molecule has 3 nitrogen and oxygen atoms in total. The number of hydrogen-bond acceptors (Lipinski definition) is 3. The summed E-state index contributed by atoms with van der Waals surface area (Å²) in [6.45, 7) is 4.83. The van der Waals surface area contributed by atoms with E-state index in [-0.39, 0.29) is 0 Å². The van der Waals surface area contributed by atoms with Crippen LogP contribution >= 0.6 is 0 Å². The first-order valence-electron chi connectivity index (χ1n) is 5.33. The minimum absolute atomic E-state index is 0.711. The molecule has 0 unspecified atom stereocenters. The maximum absolute atomic E-state index is 4.33. The van der Waals surface area contributed by atoms with Crippen LogP contribution in [0.25, 0.3) is 0 Å². The fraction of sp³-hybridized carbons (Fsp3) is 0.231. The molecular formula is C13H15N3. The van der Waals surface area contributed by atoms with Gasteiger partial charge in [0.15, 0.2) is 0 Å². The number of aryl methyl sites for hydroxylation is 2. The molecule has 0 saturated heterocycles. The van der Waals surface area contributed by atoms with Crippen LogP contribution in [0.4, 0.5) is 5.82 Å². The average molecular weight is 213 g/mol. The number of rotatable bonds is 3. The van der Waals surface area contributed by atoms with E-state index in [2.05, 4.69) is 35.2 Å². The van der Waals surface area contributed by atoms with Gasteiger partial charge in [-0.25, -0.2) is 4.98 Å². The Hall–Kier alpha value is -1.90. The summed E-state index contributed by atoms with van der Waals surface area (Å²) in [7, 11) is 0. The highest BCUT2D eigenvalue weighted by Crippen LogP contribution is 2.09. The predicted octanol–water partition coefficient (Wildman–Crippen LogP) is 2.71. The zero-order chi connectivity index (χ0) is 11.4. The van der Waals surface area contributed by atoms with Crippen LogP contribution in [0.1, 0.15) is 16.8 Å². The average Bonchev–Trinajstić information content (AvgIpc) is 2.28. The molecule has 0 saturated carbocycles. The van der Waals surface area contributed by atoms with Crippen LogP contribution in [0.15, 0.2) is 36.7 Å². The molecule has 16 heavy (non-hydrogen) atoms. The fourth-order valence-electron chi connectivity index (χ4n) is 1.51. The summed E-state index contributed by atoms with van der Waals surface area (Å²) in [6.07, 6.45) is 3.62. The summed E-state index contributed by atoms with van der Waals surface area (Å²) in [5.74, 6) is 0.894. The van der Waals surface area contributed by atoms with Gasteiger partial charge in [0.2, 0.25) is 0 Å². The Morgan fingerprint density at radius 1 is 1.12 bits per heavy atom. The summed E-state index contributed by atoms with van der Waals surface area (Å²) >= 11 is 0. The van der Waals surface area contributed by atoms with E-state index in [4.69, 9.17) is 0 Å². The van der Waals surface area contributed by atoms with Gasteiger partial charge in [-0.2, -0.15) is 0 Å². The molecule has 2 aromatic heterocycles. The highest BCUT2D eigenvalue weighted by Gasteiger charge is 1.99. The van der Waals surface area contributed by atoms with Crippen LogP contribution in [0.5, 0.6) is 0 Å². The molecule has 0 spiro atoms. The minimum Gasteiger partial charge on any atom is -0.364 e. The van der Waals surface area contributed by atoms with Crippen LogP contribution in [0.3, 0.4) is 0 Å². The van der Waals surface area contributed by atoms with Crippen molar-refractivity contribution >= 4 is 5.82 Å². The van der Waals surface area contributed by atoms with Crippen molar-refractivity contribution in [2.45, 2.75) is 20.4 Å². The normalized spacial score (nSPS) is 10.1. The SMILES string of the molecule is Cc1ccnc(NCc2ncccc2C)c1. The topological polar surface area (TPSA) is 37.8 Å². The molecule has 0 aromatic carbocycles. The van der Waals surface area contributed by atoms with Gasteiger partial charge in [0.05, 0.1) is 12.2 Å². The van der Waals surface area contributed by atoms with E-state index in [0.29, 0.717) is 6.54 Å². The van der Waals surface area contributed by atoms with Crippen molar-refractivity contribution in [3.8, 4) is 0 Å². The molecule has 1 N–H and O–H groups in total. The van der Waals surface area contributed by atoms with E-state index in [1.54, 1.807) is 0 Å². The van der Waals surface area contributed by atoms with Crippen molar-refractivity contribution in [2.24, 2.45) is 0 Å². The van der Waals surface area contributed by atoms with Gasteiger partial charge in [-0.15, -0.1) is 0 Å². The summed E-state index contributed by atoms with van der Waals surface area (Å²) in [5, 5.41) is 3.27. The molecule has 0 aliphatic rings. The highest BCUT2D eigenvalue weighted by atomic mass is 15.0. The summed E-state index contributed by atoms with van der Waals surface area (Å²) in [5.41, 5.74) is 3.46. The lowest BCUT2D eigenvalue weighted by Crippen LogP contribution is -2.04. The largest absolute Gasteiger partial charge is 0.364 e. The van der Waals surface area contributed by atoms with E-state index in [9.17, 15) is 0 Å². The smallest absolute Gasteiger partial charge is 0.126 e. The first-order valence-corrected chi connectivity index (χ1v) is 5.33. The standard InChI is InChI=1S/C13H15N3/c1-10-5-7-15-13(8-10)16-9-12-11(2)4-3-6-14-12/h3-8H,9H2,1-2H3,(H,15,16). The molecule has 0 atom stereocenters. The van der Waals surface area contributed by atoms with E-state index >= 15 is 0 Å². The van der Waals surface area contributed by atoms with Crippen molar-refractivity contribution < 1.29 is 0 Å². The number of anilines is 1. The Labute approximate surface area is 95.6 Å². The Balaban J connectivity index is 2.05. The van der Waals surface area contributed by atoms with Gasteiger partial charge in [0.1, 0.15) is 5.82 Å². The number of nitrogens with zero attached hydrogens (tertiary/aromatic N) is 2. The Bertz CT molecular complexity index is 480. The molecular weight excluding hydrogens is 198 g/mol. The lowest BCUT2D eigenvalue weighted by atomic mass is 10.2. The summed E-state index contributed by atoms with van der Waals surface area (Å²) in [4.78, 5) is 8.57. The number of aromatic nitrogens is 2. The maximum Gasteiger partial charge on any atom is 0.126 e. The lowest BCUT2D eigenvalue weighted by Gasteiger charge is -2.07. The second-order valence-electron chi connectivity index (χ2n) is 3.84. The van der Waals surface area contributed by atoms with E-state index in [1.165, 1.54) is 11.1 Å². The summed E-state index contributed by atoms with van der Waals surface area (Å²) < 4.78 is 0. The van der Waals surface area contributed by atoms with Gasteiger partial charge in [-0.05, 0) is 43.2 Å². The van der Waals surface area contributed by atoms with Gasteiger partial charge in [-0.3, -0.25) is 4.98 Å².